The number of hydrogen-bond donors (Lipinski definition) is 1. The van der Waals surface area contributed by atoms with E-state index in [9.17, 15) is 9.59 Å². The number of thiophene rings is 1. The molecule has 2 saturated heterocycles. The highest BCUT2D eigenvalue weighted by Crippen LogP contribution is 2.34. The van der Waals surface area contributed by atoms with Crippen LogP contribution in [0.5, 0.6) is 0 Å². The van der Waals surface area contributed by atoms with Gasteiger partial charge in [0.15, 0.2) is 0 Å². The molecule has 7 heteroatoms. The van der Waals surface area contributed by atoms with Crippen molar-refractivity contribution in [1.82, 2.24) is 15.1 Å². The minimum absolute atomic E-state index is 0.0446. The Morgan fingerprint density at radius 2 is 2.00 bits per heavy atom. The van der Waals surface area contributed by atoms with E-state index in [1.807, 2.05) is 11.8 Å². The molecule has 0 aliphatic carbocycles. The van der Waals surface area contributed by atoms with Gasteiger partial charge in [-0.25, -0.2) is 0 Å². The third-order valence-electron chi connectivity index (χ3n) is 5.52. The van der Waals surface area contributed by atoms with Crippen LogP contribution in [0.1, 0.15) is 44.9 Å². The molecule has 1 atom stereocenters. The Balaban J connectivity index is 1.69. The standard InChI is InChI=1S/C19H28BrN3O2S/c1-4-23-17(24)15(11-13(2)3)21-18(25)19(23)7-9-22(10-8-19)12-14-5-6-16(20)26-14/h5-6,13,15H,4,7-12H2,1-3H3,(H,21,25). The highest BCUT2D eigenvalue weighted by atomic mass is 79.9. The Bertz CT molecular complexity index is 667. The summed E-state index contributed by atoms with van der Waals surface area (Å²) in [6.45, 7) is 9.33. The average Bonchev–Trinajstić information content (AvgIpc) is 2.99. The number of rotatable bonds is 5. The van der Waals surface area contributed by atoms with Crippen molar-refractivity contribution < 1.29 is 9.59 Å². The maximum Gasteiger partial charge on any atom is 0.246 e. The summed E-state index contributed by atoms with van der Waals surface area (Å²) in [4.78, 5) is 31.6. The van der Waals surface area contributed by atoms with Gasteiger partial charge in [0, 0.05) is 31.1 Å². The van der Waals surface area contributed by atoms with E-state index in [1.54, 1.807) is 11.3 Å². The van der Waals surface area contributed by atoms with Gasteiger partial charge in [0.25, 0.3) is 0 Å². The molecule has 1 aromatic heterocycles. The maximum absolute atomic E-state index is 13.0. The zero-order valence-electron chi connectivity index (χ0n) is 15.8. The van der Waals surface area contributed by atoms with Gasteiger partial charge >= 0.3 is 0 Å². The number of hydrogen-bond acceptors (Lipinski definition) is 4. The number of likely N-dealkylation sites (tertiary alicyclic amines) is 1. The third kappa shape index (κ3) is 3.85. The molecule has 3 heterocycles. The molecular formula is C19H28BrN3O2S. The molecule has 0 saturated carbocycles. The second kappa shape index (κ2) is 7.98. The van der Waals surface area contributed by atoms with Gasteiger partial charge in [-0.3, -0.25) is 14.5 Å². The minimum atomic E-state index is -0.661. The Labute approximate surface area is 168 Å². The Hall–Kier alpha value is -0.920. The Kier molecular flexibility index (Phi) is 6.09. The summed E-state index contributed by atoms with van der Waals surface area (Å²) in [7, 11) is 0. The normalized spacial score (nSPS) is 23.7. The van der Waals surface area contributed by atoms with E-state index >= 15 is 0 Å². The summed E-state index contributed by atoms with van der Waals surface area (Å²) in [5.74, 6) is 0.517. The first-order chi connectivity index (χ1) is 12.4. The SMILES string of the molecule is CCN1C(=O)C(CC(C)C)NC(=O)C12CCN(Cc1ccc(Br)s1)CC2. The lowest BCUT2D eigenvalue weighted by Gasteiger charge is -2.51. The van der Waals surface area contributed by atoms with Gasteiger partial charge in [-0.1, -0.05) is 13.8 Å². The number of halogens is 1. The summed E-state index contributed by atoms with van der Waals surface area (Å²) in [6, 6.07) is 3.85. The van der Waals surface area contributed by atoms with E-state index in [1.165, 1.54) is 4.88 Å². The van der Waals surface area contributed by atoms with Crippen LogP contribution in [0.2, 0.25) is 0 Å². The van der Waals surface area contributed by atoms with E-state index in [4.69, 9.17) is 0 Å². The fourth-order valence-electron chi connectivity index (χ4n) is 4.20. The summed E-state index contributed by atoms with van der Waals surface area (Å²) in [5, 5.41) is 3.04. The van der Waals surface area contributed by atoms with Crippen LogP contribution in [0.15, 0.2) is 15.9 Å². The topological polar surface area (TPSA) is 52.7 Å². The first-order valence-corrected chi connectivity index (χ1v) is 11.1. The summed E-state index contributed by atoms with van der Waals surface area (Å²) in [6.07, 6.45) is 2.12. The molecule has 2 fully saturated rings. The smallest absolute Gasteiger partial charge is 0.246 e. The van der Waals surface area contributed by atoms with Crippen LogP contribution in [-0.2, 0) is 16.1 Å². The summed E-state index contributed by atoms with van der Waals surface area (Å²) in [5.41, 5.74) is -0.661. The monoisotopic (exact) mass is 441 g/mol. The van der Waals surface area contributed by atoms with Gasteiger partial charge in [0.1, 0.15) is 11.6 Å². The highest BCUT2D eigenvalue weighted by Gasteiger charge is 2.52. The molecule has 1 aromatic rings. The summed E-state index contributed by atoms with van der Waals surface area (Å²) >= 11 is 5.26. The summed E-state index contributed by atoms with van der Waals surface area (Å²) < 4.78 is 1.14. The van der Waals surface area contributed by atoms with Crippen molar-refractivity contribution in [2.75, 3.05) is 19.6 Å². The lowest BCUT2D eigenvalue weighted by atomic mass is 9.81. The number of carbonyl (C=O) groups is 2. The number of carbonyl (C=O) groups excluding carboxylic acids is 2. The molecule has 144 valence electrons. The van der Waals surface area contributed by atoms with Crippen LogP contribution >= 0.6 is 27.3 Å². The highest BCUT2D eigenvalue weighted by molar-refractivity contribution is 9.11. The predicted octanol–water partition coefficient (Wildman–Crippen LogP) is 3.24. The molecule has 2 aliphatic heterocycles. The predicted molar refractivity (Wildman–Crippen MR) is 108 cm³/mol. The number of piperidine rings is 1. The van der Waals surface area contributed by atoms with Gasteiger partial charge < -0.3 is 10.2 Å². The van der Waals surface area contributed by atoms with Crippen LogP contribution in [0.25, 0.3) is 0 Å². The molecule has 0 aromatic carbocycles. The molecule has 0 radical (unpaired) electrons. The molecule has 1 N–H and O–H groups in total. The molecule has 2 amide bonds. The molecule has 3 rings (SSSR count). The molecule has 2 aliphatic rings. The lowest BCUT2D eigenvalue weighted by molar-refractivity contribution is -0.161. The van der Waals surface area contributed by atoms with Crippen LogP contribution in [-0.4, -0.2) is 52.8 Å². The van der Waals surface area contributed by atoms with Gasteiger partial charge in [0.2, 0.25) is 11.8 Å². The first kappa shape index (κ1) is 19.8. The van der Waals surface area contributed by atoms with E-state index in [2.05, 4.69) is 52.1 Å². The third-order valence-corrected chi connectivity index (χ3v) is 7.13. The quantitative estimate of drug-likeness (QED) is 0.762. The number of amides is 2. The Morgan fingerprint density at radius 1 is 1.31 bits per heavy atom. The van der Waals surface area contributed by atoms with Gasteiger partial charge in [0.05, 0.1) is 3.79 Å². The number of likely N-dealkylation sites (N-methyl/N-ethyl adjacent to an activating group) is 1. The van der Waals surface area contributed by atoms with Crippen molar-refractivity contribution in [3.63, 3.8) is 0 Å². The fraction of sp³-hybridized carbons (Fsp3) is 0.684. The zero-order valence-corrected chi connectivity index (χ0v) is 18.2. The zero-order chi connectivity index (χ0) is 18.9. The van der Waals surface area contributed by atoms with Gasteiger partial charge in [-0.15, -0.1) is 11.3 Å². The van der Waals surface area contributed by atoms with Crippen molar-refractivity contribution >= 4 is 39.1 Å². The van der Waals surface area contributed by atoms with Crippen molar-refractivity contribution in [3.8, 4) is 0 Å². The van der Waals surface area contributed by atoms with Crippen molar-refractivity contribution in [2.24, 2.45) is 5.92 Å². The number of nitrogens with one attached hydrogen (secondary N) is 1. The van der Waals surface area contributed by atoms with Crippen LogP contribution in [0, 0.1) is 5.92 Å². The largest absolute Gasteiger partial charge is 0.342 e. The fourth-order valence-corrected chi connectivity index (χ4v) is 5.73. The molecule has 0 bridgehead atoms. The van der Waals surface area contributed by atoms with E-state index in [0.29, 0.717) is 31.7 Å². The van der Waals surface area contributed by atoms with Crippen molar-refractivity contribution in [2.45, 2.75) is 58.2 Å². The molecule has 26 heavy (non-hydrogen) atoms. The number of piperazine rings is 1. The van der Waals surface area contributed by atoms with Gasteiger partial charge in [-0.2, -0.15) is 0 Å². The van der Waals surface area contributed by atoms with Crippen LogP contribution < -0.4 is 5.32 Å². The molecule has 1 spiro atoms. The van der Waals surface area contributed by atoms with E-state index < -0.39 is 5.54 Å². The molecular weight excluding hydrogens is 414 g/mol. The molecule has 5 nitrogen and oxygen atoms in total. The second-order valence-electron chi connectivity index (χ2n) is 7.75. The first-order valence-electron chi connectivity index (χ1n) is 9.44. The average molecular weight is 442 g/mol. The Morgan fingerprint density at radius 3 is 2.54 bits per heavy atom. The van der Waals surface area contributed by atoms with Crippen molar-refractivity contribution in [3.05, 3.63) is 20.8 Å². The minimum Gasteiger partial charge on any atom is -0.342 e. The van der Waals surface area contributed by atoms with Gasteiger partial charge in [-0.05, 0) is 60.2 Å². The molecule has 1 unspecified atom stereocenters. The van der Waals surface area contributed by atoms with Crippen molar-refractivity contribution in [1.29, 1.82) is 0 Å². The van der Waals surface area contributed by atoms with E-state index in [-0.39, 0.29) is 17.9 Å². The van der Waals surface area contributed by atoms with Crippen LogP contribution in [0.4, 0.5) is 0 Å². The maximum atomic E-state index is 13.0. The second-order valence-corrected chi connectivity index (χ2v) is 10.3. The lowest BCUT2D eigenvalue weighted by Crippen LogP contribution is -2.72. The van der Waals surface area contributed by atoms with E-state index in [0.717, 1.165) is 23.4 Å². The van der Waals surface area contributed by atoms with Crippen LogP contribution in [0.3, 0.4) is 0 Å². The number of nitrogens with zero attached hydrogens (tertiary/aromatic N) is 2.